The summed E-state index contributed by atoms with van der Waals surface area (Å²) in [5, 5.41) is 7.33. The van der Waals surface area contributed by atoms with E-state index in [-0.39, 0.29) is 42.3 Å². The topological polar surface area (TPSA) is 79.7 Å². The van der Waals surface area contributed by atoms with E-state index < -0.39 is 0 Å². The average molecular weight is 458 g/mol. The van der Waals surface area contributed by atoms with Crippen LogP contribution in [0.1, 0.15) is 32.4 Å². The van der Waals surface area contributed by atoms with Crippen LogP contribution >= 0.6 is 0 Å². The molecule has 2 fully saturated rings. The molecule has 3 heterocycles. The molecule has 2 aliphatic rings. The van der Waals surface area contributed by atoms with Gasteiger partial charge in [-0.3, -0.25) is 14.5 Å². The summed E-state index contributed by atoms with van der Waals surface area (Å²) in [7, 11) is 0. The third-order valence-electron chi connectivity index (χ3n) is 6.21. The SMILES string of the molecule is Cc1cc(NC(=O)CN2CCC(C(=O)N3CC(C)OC(C)C3)CC2)n(-c2ccc(F)cc2)n1. The molecule has 1 aromatic carbocycles. The molecule has 2 amide bonds. The summed E-state index contributed by atoms with van der Waals surface area (Å²) < 4.78 is 20.6. The molecule has 4 rings (SSSR count). The quantitative estimate of drug-likeness (QED) is 0.747. The lowest BCUT2D eigenvalue weighted by Crippen LogP contribution is -2.51. The highest BCUT2D eigenvalue weighted by Crippen LogP contribution is 2.23. The number of ether oxygens (including phenoxy) is 1. The van der Waals surface area contributed by atoms with E-state index in [1.165, 1.54) is 12.1 Å². The van der Waals surface area contributed by atoms with Crippen LogP contribution < -0.4 is 5.32 Å². The number of amides is 2. The number of nitrogens with zero attached hydrogens (tertiary/aromatic N) is 4. The van der Waals surface area contributed by atoms with Crippen LogP contribution in [0.2, 0.25) is 0 Å². The minimum Gasteiger partial charge on any atom is -0.372 e. The van der Waals surface area contributed by atoms with Crippen LogP contribution in [-0.4, -0.2) is 76.3 Å². The van der Waals surface area contributed by atoms with E-state index in [1.54, 1.807) is 22.9 Å². The van der Waals surface area contributed by atoms with E-state index in [0.717, 1.165) is 18.5 Å². The molecule has 178 valence electrons. The molecule has 2 aliphatic heterocycles. The Bertz CT molecular complexity index is 974. The number of carbonyl (C=O) groups excluding carboxylic acids is 2. The summed E-state index contributed by atoms with van der Waals surface area (Å²) in [6.07, 6.45) is 1.62. The molecular formula is C24H32FN5O3. The van der Waals surface area contributed by atoms with Gasteiger partial charge in [0.15, 0.2) is 0 Å². The van der Waals surface area contributed by atoms with Gasteiger partial charge in [-0.1, -0.05) is 0 Å². The summed E-state index contributed by atoms with van der Waals surface area (Å²) >= 11 is 0. The molecule has 0 bridgehead atoms. The van der Waals surface area contributed by atoms with Gasteiger partial charge >= 0.3 is 0 Å². The van der Waals surface area contributed by atoms with Gasteiger partial charge in [0.1, 0.15) is 11.6 Å². The first kappa shape index (κ1) is 23.4. The Hall–Kier alpha value is -2.78. The number of benzene rings is 1. The van der Waals surface area contributed by atoms with Crippen molar-refractivity contribution in [3.05, 3.63) is 41.8 Å². The Morgan fingerprint density at radius 1 is 1.12 bits per heavy atom. The number of morpholine rings is 1. The highest BCUT2D eigenvalue weighted by molar-refractivity contribution is 5.91. The maximum atomic E-state index is 13.3. The number of hydrogen-bond acceptors (Lipinski definition) is 5. The van der Waals surface area contributed by atoms with E-state index >= 15 is 0 Å². The van der Waals surface area contributed by atoms with Gasteiger partial charge in [-0.25, -0.2) is 9.07 Å². The van der Waals surface area contributed by atoms with Crippen molar-refractivity contribution in [2.45, 2.75) is 45.8 Å². The first-order chi connectivity index (χ1) is 15.8. The van der Waals surface area contributed by atoms with E-state index in [0.29, 0.717) is 37.7 Å². The number of halogens is 1. The molecule has 2 atom stereocenters. The normalized spacial score (nSPS) is 22.4. The third-order valence-corrected chi connectivity index (χ3v) is 6.21. The summed E-state index contributed by atoms with van der Waals surface area (Å²) in [5.74, 6) is 0.292. The number of piperidine rings is 1. The van der Waals surface area contributed by atoms with Crippen LogP contribution in [0.3, 0.4) is 0 Å². The largest absolute Gasteiger partial charge is 0.372 e. The molecule has 9 heteroatoms. The van der Waals surface area contributed by atoms with Gasteiger partial charge in [0.25, 0.3) is 0 Å². The predicted octanol–water partition coefficient (Wildman–Crippen LogP) is 2.61. The molecule has 2 saturated heterocycles. The number of nitrogens with one attached hydrogen (secondary N) is 1. The summed E-state index contributed by atoms with van der Waals surface area (Å²) in [5.41, 5.74) is 1.42. The lowest BCUT2D eigenvalue weighted by Gasteiger charge is -2.39. The Balaban J connectivity index is 1.30. The van der Waals surface area contributed by atoms with Crippen molar-refractivity contribution in [1.29, 1.82) is 0 Å². The molecule has 2 aromatic rings. The van der Waals surface area contributed by atoms with Gasteiger partial charge in [-0.15, -0.1) is 0 Å². The van der Waals surface area contributed by atoms with Crippen LogP contribution in [-0.2, 0) is 14.3 Å². The van der Waals surface area contributed by atoms with Crippen molar-refractivity contribution in [1.82, 2.24) is 19.6 Å². The Morgan fingerprint density at radius 3 is 2.39 bits per heavy atom. The standard InChI is InChI=1S/C24H32FN5O3/c1-16-12-22(30(27-16)21-6-4-20(25)5-7-21)26-23(31)15-28-10-8-19(9-11-28)24(32)29-13-17(2)33-18(3)14-29/h4-7,12,17-19H,8-11,13-15H2,1-3H3,(H,26,31). The first-order valence-corrected chi connectivity index (χ1v) is 11.6. The molecule has 2 unspecified atom stereocenters. The van der Waals surface area contributed by atoms with Crippen molar-refractivity contribution in [2.24, 2.45) is 5.92 Å². The second-order valence-corrected chi connectivity index (χ2v) is 9.16. The second-order valence-electron chi connectivity index (χ2n) is 9.16. The summed E-state index contributed by atoms with van der Waals surface area (Å²) in [6.45, 7) is 8.79. The zero-order valence-corrected chi connectivity index (χ0v) is 19.5. The molecule has 1 aromatic heterocycles. The van der Waals surface area contributed by atoms with Crippen molar-refractivity contribution in [2.75, 3.05) is 38.0 Å². The Kier molecular flexibility index (Phi) is 7.09. The number of aromatic nitrogens is 2. The average Bonchev–Trinajstić information content (AvgIpc) is 3.13. The van der Waals surface area contributed by atoms with Crippen LogP contribution in [0, 0.1) is 18.7 Å². The van der Waals surface area contributed by atoms with Crippen LogP contribution in [0.25, 0.3) is 5.69 Å². The monoisotopic (exact) mass is 457 g/mol. The Labute approximate surface area is 193 Å². The minimum absolute atomic E-state index is 0.00405. The second kappa shape index (κ2) is 10.0. The predicted molar refractivity (Wildman–Crippen MR) is 123 cm³/mol. The fraction of sp³-hybridized carbons (Fsp3) is 0.542. The van der Waals surface area contributed by atoms with Crippen LogP contribution in [0.4, 0.5) is 10.2 Å². The summed E-state index contributed by atoms with van der Waals surface area (Å²) in [6, 6.07) is 7.75. The number of likely N-dealkylation sites (tertiary alicyclic amines) is 1. The molecular weight excluding hydrogens is 425 g/mol. The maximum Gasteiger partial charge on any atom is 0.239 e. The first-order valence-electron chi connectivity index (χ1n) is 11.6. The molecule has 0 radical (unpaired) electrons. The highest BCUT2D eigenvalue weighted by Gasteiger charge is 2.33. The maximum absolute atomic E-state index is 13.3. The van der Waals surface area contributed by atoms with Crippen molar-refractivity contribution in [3.8, 4) is 5.69 Å². The molecule has 8 nitrogen and oxygen atoms in total. The molecule has 33 heavy (non-hydrogen) atoms. The number of carbonyl (C=O) groups is 2. The molecule has 0 saturated carbocycles. The smallest absolute Gasteiger partial charge is 0.239 e. The van der Waals surface area contributed by atoms with Gasteiger partial charge in [0, 0.05) is 25.1 Å². The number of aryl methyl sites for hydroxylation is 1. The highest BCUT2D eigenvalue weighted by atomic mass is 19.1. The zero-order valence-electron chi connectivity index (χ0n) is 19.5. The van der Waals surface area contributed by atoms with Crippen molar-refractivity contribution < 1.29 is 18.7 Å². The van der Waals surface area contributed by atoms with Gasteiger partial charge in [0.2, 0.25) is 11.8 Å². The van der Waals surface area contributed by atoms with Crippen molar-refractivity contribution in [3.63, 3.8) is 0 Å². The van der Waals surface area contributed by atoms with E-state index in [9.17, 15) is 14.0 Å². The molecule has 0 aliphatic carbocycles. The third kappa shape index (κ3) is 5.78. The number of anilines is 1. The summed E-state index contributed by atoms with van der Waals surface area (Å²) in [4.78, 5) is 29.7. The lowest BCUT2D eigenvalue weighted by molar-refractivity contribution is -0.148. The fourth-order valence-corrected chi connectivity index (χ4v) is 4.71. The van der Waals surface area contributed by atoms with Crippen LogP contribution in [0.5, 0.6) is 0 Å². The minimum atomic E-state index is -0.326. The molecule has 0 spiro atoms. The van der Waals surface area contributed by atoms with Crippen molar-refractivity contribution >= 4 is 17.6 Å². The lowest BCUT2D eigenvalue weighted by atomic mass is 9.94. The van der Waals surface area contributed by atoms with Gasteiger partial charge in [0.05, 0.1) is 30.1 Å². The zero-order chi connectivity index (χ0) is 23.5. The Morgan fingerprint density at radius 2 is 1.76 bits per heavy atom. The number of hydrogen-bond donors (Lipinski definition) is 1. The number of rotatable bonds is 5. The molecule has 1 N–H and O–H groups in total. The van der Waals surface area contributed by atoms with E-state index in [2.05, 4.69) is 15.3 Å². The van der Waals surface area contributed by atoms with Gasteiger partial charge in [-0.05, 0) is 71.0 Å². The van der Waals surface area contributed by atoms with Gasteiger partial charge < -0.3 is 15.0 Å². The van der Waals surface area contributed by atoms with E-state index in [4.69, 9.17) is 4.74 Å². The van der Waals surface area contributed by atoms with E-state index in [1.807, 2.05) is 25.7 Å². The fourth-order valence-electron chi connectivity index (χ4n) is 4.71. The van der Waals surface area contributed by atoms with Gasteiger partial charge in [-0.2, -0.15) is 5.10 Å². The van der Waals surface area contributed by atoms with Crippen LogP contribution in [0.15, 0.2) is 30.3 Å².